The van der Waals surface area contributed by atoms with Crippen LogP contribution in [0.1, 0.15) is 6.92 Å². The topological polar surface area (TPSA) is 148 Å². The van der Waals surface area contributed by atoms with Crippen LogP contribution in [0.3, 0.4) is 0 Å². The molecule has 10 heteroatoms. The van der Waals surface area contributed by atoms with Crippen molar-refractivity contribution in [3.8, 4) is 11.3 Å². The number of nitrogen functional groups attached to an aromatic ring is 2. The average molecular weight is 444 g/mol. The van der Waals surface area contributed by atoms with Gasteiger partial charge in [-0.2, -0.15) is 10.1 Å². The number of aromatic amines is 1. The molecule has 168 valence electrons. The molecule has 0 radical (unpaired) electrons. The second-order valence-electron chi connectivity index (χ2n) is 8.00. The first-order chi connectivity index (χ1) is 16.0. The van der Waals surface area contributed by atoms with E-state index in [2.05, 4.69) is 25.5 Å². The molecule has 4 aromatic rings. The van der Waals surface area contributed by atoms with Crippen molar-refractivity contribution in [1.29, 1.82) is 0 Å². The Hall–Kier alpha value is -4.18. The molecule has 1 fully saturated rings. The van der Waals surface area contributed by atoms with Crippen LogP contribution in [0.2, 0.25) is 0 Å². The third-order valence-electron chi connectivity index (χ3n) is 5.67. The minimum absolute atomic E-state index is 0.0951. The number of aromatic nitrogens is 4. The number of amides is 1. The van der Waals surface area contributed by atoms with Crippen LogP contribution in [0.15, 0.2) is 54.6 Å². The van der Waals surface area contributed by atoms with E-state index in [4.69, 9.17) is 16.2 Å². The smallest absolute Gasteiger partial charge is 0.249 e. The van der Waals surface area contributed by atoms with Gasteiger partial charge in [-0.3, -0.25) is 9.89 Å². The highest BCUT2D eigenvalue weighted by Crippen LogP contribution is 2.30. The Morgan fingerprint density at radius 3 is 2.76 bits per heavy atom. The largest absolute Gasteiger partial charge is 0.382 e. The van der Waals surface area contributed by atoms with Gasteiger partial charge in [0.2, 0.25) is 11.9 Å². The third-order valence-corrected chi connectivity index (χ3v) is 5.67. The summed E-state index contributed by atoms with van der Waals surface area (Å²) in [5.41, 5.74) is 14.9. The Morgan fingerprint density at radius 2 is 1.94 bits per heavy atom. The van der Waals surface area contributed by atoms with E-state index in [0.29, 0.717) is 23.9 Å². The van der Waals surface area contributed by atoms with Gasteiger partial charge in [0.25, 0.3) is 0 Å². The molecule has 0 saturated carbocycles. The number of fused-ring (bicyclic) bond motifs is 1. The van der Waals surface area contributed by atoms with Gasteiger partial charge in [-0.1, -0.05) is 24.3 Å². The number of anilines is 4. The number of benzene rings is 2. The van der Waals surface area contributed by atoms with E-state index in [1.54, 1.807) is 0 Å². The summed E-state index contributed by atoms with van der Waals surface area (Å²) in [6, 6.07) is 16.2. The number of nitrogens with two attached hydrogens (primary N) is 2. The molecule has 2 aromatic carbocycles. The zero-order chi connectivity index (χ0) is 22.9. The molecule has 3 heterocycles. The maximum Gasteiger partial charge on any atom is 0.249 e. The van der Waals surface area contributed by atoms with Crippen LogP contribution in [0.5, 0.6) is 0 Å². The van der Waals surface area contributed by atoms with Crippen LogP contribution in [-0.4, -0.2) is 51.4 Å². The number of ether oxygens (including phenoxy) is 1. The van der Waals surface area contributed by atoms with E-state index in [-0.39, 0.29) is 24.5 Å². The van der Waals surface area contributed by atoms with Crippen LogP contribution in [0.25, 0.3) is 22.2 Å². The molecule has 1 unspecified atom stereocenters. The molecule has 2 aromatic heterocycles. The predicted octanol–water partition coefficient (Wildman–Crippen LogP) is 2.42. The van der Waals surface area contributed by atoms with Crippen LogP contribution in [0, 0.1) is 0 Å². The zero-order valence-electron chi connectivity index (χ0n) is 18.0. The van der Waals surface area contributed by atoms with Crippen LogP contribution in [0.4, 0.5) is 23.3 Å². The Bertz CT molecular complexity index is 1310. The molecule has 1 amide bonds. The minimum Gasteiger partial charge on any atom is -0.382 e. The number of hydrogen-bond acceptors (Lipinski definition) is 8. The van der Waals surface area contributed by atoms with Gasteiger partial charge in [-0.25, -0.2) is 4.98 Å². The van der Waals surface area contributed by atoms with Crippen molar-refractivity contribution in [2.75, 3.05) is 34.9 Å². The van der Waals surface area contributed by atoms with Gasteiger partial charge >= 0.3 is 0 Å². The summed E-state index contributed by atoms with van der Waals surface area (Å²) >= 11 is 0. The van der Waals surface area contributed by atoms with E-state index in [1.165, 1.54) is 0 Å². The number of para-hydroxylation sites is 1. The van der Waals surface area contributed by atoms with Gasteiger partial charge in [0, 0.05) is 22.7 Å². The van der Waals surface area contributed by atoms with Gasteiger partial charge in [-0.05, 0) is 31.2 Å². The van der Waals surface area contributed by atoms with Crippen molar-refractivity contribution in [2.24, 2.45) is 0 Å². The standard InChI is InChI=1S/C23H24N8O2/c1-13-11-33-12-19(22(32)26-15-5-3-2-4-6-15)31(13)20-10-17(27-23(25)28-20)14-7-8-16-18(9-14)29-30-21(16)24/h2-10,13,19H,11-12H2,1H3,(H,26,32)(H3,24,29,30)(H2,25,27,28)/t13-,19?/m1/s1. The Balaban J connectivity index is 1.50. The highest BCUT2D eigenvalue weighted by Gasteiger charge is 2.35. The van der Waals surface area contributed by atoms with E-state index in [1.807, 2.05) is 66.4 Å². The van der Waals surface area contributed by atoms with Crippen LogP contribution in [-0.2, 0) is 9.53 Å². The van der Waals surface area contributed by atoms with Gasteiger partial charge in [-0.15, -0.1) is 0 Å². The first-order valence-corrected chi connectivity index (χ1v) is 10.6. The lowest BCUT2D eigenvalue weighted by Crippen LogP contribution is -2.56. The first-order valence-electron chi connectivity index (χ1n) is 10.6. The van der Waals surface area contributed by atoms with Crippen molar-refractivity contribution in [2.45, 2.75) is 19.0 Å². The number of nitrogens with one attached hydrogen (secondary N) is 2. The molecule has 6 N–H and O–H groups in total. The summed E-state index contributed by atoms with van der Waals surface area (Å²) in [5.74, 6) is 0.938. The summed E-state index contributed by atoms with van der Waals surface area (Å²) < 4.78 is 5.70. The van der Waals surface area contributed by atoms with Gasteiger partial charge < -0.3 is 26.4 Å². The lowest BCUT2D eigenvalue weighted by atomic mass is 10.1. The number of carbonyl (C=O) groups is 1. The maximum atomic E-state index is 13.2. The fraction of sp³-hybridized carbons (Fsp3) is 0.217. The highest BCUT2D eigenvalue weighted by molar-refractivity contribution is 5.97. The van der Waals surface area contributed by atoms with E-state index in [0.717, 1.165) is 22.2 Å². The molecular formula is C23H24N8O2. The summed E-state index contributed by atoms with van der Waals surface area (Å²) in [4.78, 5) is 24.0. The molecule has 1 aliphatic heterocycles. The van der Waals surface area contributed by atoms with Crippen molar-refractivity contribution >= 4 is 40.1 Å². The van der Waals surface area contributed by atoms with Gasteiger partial charge in [0.1, 0.15) is 11.9 Å². The molecule has 2 atom stereocenters. The summed E-state index contributed by atoms with van der Waals surface area (Å²) in [6.45, 7) is 2.69. The van der Waals surface area contributed by atoms with Gasteiger partial charge in [0.05, 0.1) is 30.5 Å². The number of nitrogens with zero attached hydrogens (tertiary/aromatic N) is 4. The minimum atomic E-state index is -0.578. The molecule has 1 aliphatic rings. The van der Waals surface area contributed by atoms with Crippen molar-refractivity contribution in [3.05, 3.63) is 54.6 Å². The predicted molar refractivity (Wildman–Crippen MR) is 128 cm³/mol. The van der Waals surface area contributed by atoms with E-state index in [9.17, 15) is 4.79 Å². The molecule has 1 saturated heterocycles. The fourth-order valence-corrected chi connectivity index (χ4v) is 4.09. The molecular weight excluding hydrogens is 420 g/mol. The second-order valence-corrected chi connectivity index (χ2v) is 8.00. The summed E-state index contributed by atoms with van der Waals surface area (Å²) in [5, 5.41) is 10.7. The number of hydrogen-bond donors (Lipinski definition) is 4. The third kappa shape index (κ3) is 4.03. The summed E-state index contributed by atoms with van der Waals surface area (Å²) in [6.07, 6.45) is 0. The van der Waals surface area contributed by atoms with Crippen molar-refractivity contribution in [1.82, 2.24) is 20.2 Å². The zero-order valence-corrected chi connectivity index (χ0v) is 18.0. The van der Waals surface area contributed by atoms with E-state index >= 15 is 0 Å². The Labute approximate surface area is 190 Å². The second kappa shape index (κ2) is 8.40. The quantitative estimate of drug-likeness (QED) is 0.375. The van der Waals surface area contributed by atoms with Crippen LogP contribution < -0.4 is 21.7 Å². The van der Waals surface area contributed by atoms with Crippen LogP contribution >= 0.6 is 0 Å². The molecule has 33 heavy (non-hydrogen) atoms. The Morgan fingerprint density at radius 1 is 1.12 bits per heavy atom. The van der Waals surface area contributed by atoms with Crippen molar-refractivity contribution < 1.29 is 9.53 Å². The number of H-pyrrole nitrogens is 1. The number of morpholine rings is 1. The normalized spacial score (nSPS) is 18.4. The van der Waals surface area contributed by atoms with E-state index < -0.39 is 6.04 Å². The lowest BCUT2D eigenvalue weighted by molar-refractivity contribution is -0.120. The SMILES string of the molecule is C[C@@H]1COCC(C(=O)Nc2ccccc2)N1c1cc(-c2ccc3c(N)n[nH]c3c2)nc(N)n1. The van der Waals surface area contributed by atoms with Crippen molar-refractivity contribution in [3.63, 3.8) is 0 Å². The van der Waals surface area contributed by atoms with Gasteiger partial charge in [0.15, 0.2) is 5.82 Å². The number of carbonyl (C=O) groups excluding carboxylic acids is 1. The highest BCUT2D eigenvalue weighted by atomic mass is 16.5. The lowest BCUT2D eigenvalue weighted by Gasteiger charge is -2.40. The fourth-order valence-electron chi connectivity index (χ4n) is 4.09. The first kappa shape index (κ1) is 20.7. The summed E-state index contributed by atoms with van der Waals surface area (Å²) in [7, 11) is 0. The Kier molecular flexibility index (Phi) is 5.27. The maximum absolute atomic E-state index is 13.2. The average Bonchev–Trinajstić information content (AvgIpc) is 3.19. The molecule has 0 spiro atoms. The molecule has 0 bridgehead atoms. The molecule has 10 nitrogen and oxygen atoms in total. The molecule has 5 rings (SSSR count). The monoisotopic (exact) mass is 444 g/mol. The number of rotatable bonds is 4. The molecule has 0 aliphatic carbocycles.